The van der Waals surface area contributed by atoms with E-state index in [0.29, 0.717) is 12.3 Å². The van der Waals surface area contributed by atoms with Crippen LogP contribution in [0.5, 0.6) is 0 Å². The van der Waals surface area contributed by atoms with Crippen molar-refractivity contribution >= 4 is 17.9 Å². The molecular formula is C22H27N3O3. The van der Waals surface area contributed by atoms with Gasteiger partial charge in [-0.25, -0.2) is 0 Å². The standard InChI is InChI=1S/C22H27N3O3/c1-22(12-6-13-25(22)16-18-7-3-2-4-8-18)17-24-21(27)15-23-20(26)11-10-19-9-5-14-28-19/h2-5,7-11,14H,6,12-13,15-17H2,1H3,(H,23,26)(H,24,27)/b11-10+. The number of nitrogens with one attached hydrogen (secondary N) is 2. The van der Waals surface area contributed by atoms with Crippen molar-refractivity contribution in [2.75, 3.05) is 19.6 Å². The Kier molecular flexibility index (Phi) is 6.66. The maximum Gasteiger partial charge on any atom is 0.244 e. The van der Waals surface area contributed by atoms with Crippen LogP contribution in [0, 0.1) is 0 Å². The smallest absolute Gasteiger partial charge is 0.244 e. The Bertz CT molecular complexity index is 802. The number of amides is 2. The quantitative estimate of drug-likeness (QED) is 0.689. The number of rotatable bonds is 8. The SMILES string of the molecule is CC1(CNC(=O)CNC(=O)/C=C/c2ccco2)CCCN1Cc1ccccc1. The molecule has 1 aromatic heterocycles. The molecule has 1 aliphatic heterocycles. The van der Waals surface area contributed by atoms with Gasteiger partial charge in [0.05, 0.1) is 12.8 Å². The summed E-state index contributed by atoms with van der Waals surface area (Å²) in [6.45, 7) is 4.61. The highest BCUT2D eigenvalue weighted by atomic mass is 16.3. The van der Waals surface area contributed by atoms with E-state index in [4.69, 9.17) is 4.42 Å². The molecular weight excluding hydrogens is 354 g/mol. The summed E-state index contributed by atoms with van der Waals surface area (Å²) in [6.07, 6.45) is 6.61. The second-order valence-electron chi connectivity index (χ2n) is 7.35. The lowest BCUT2D eigenvalue weighted by atomic mass is 9.98. The molecule has 0 spiro atoms. The van der Waals surface area contributed by atoms with Crippen LogP contribution >= 0.6 is 0 Å². The van der Waals surface area contributed by atoms with Gasteiger partial charge in [0.1, 0.15) is 5.76 Å². The van der Waals surface area contributed by atoms with Gasteiger partial charge in [-0.15, -0.1) is 0 Å². The minimum Gasteiger partial charge on any atom is -0.465 e. The van der Waals surface area contributed by atoms with Crippen molar-refractivity contribution in [2.24, 2.45) is 0 Å². The van der Waals surface area contributed by atoms with Gasteiger partial charge in [0.25, 0.3) is 0 Å². The van der Waals surface area contributed by atoms with E-state index in [9.17, 15) is 9.59 Å². The fraction of sp³-hybridized carbons (Fsp3) is 0.364. The van der Waals surface area contributed by atoms with E-state index in [2.05, 4.69) is 34.6 Å². The molecule has 6 nitrogen and oxygen atoms in total. The number of benzene rings is 1. The van der Waals surface area contributed by atoms with Gasteiger partial charge in [0.2, 0.25) is 11.8 Å². The van der Waals surface area contributed by atoms with Crippen molar-refractivity contribution in [2.45, 2.75) is 31.8 Å². The van der Waals surface area contributed by atoms with Crippen LogP contribution in [-0.2, 0) is 16.1 Å². The summed E-state index contributed by atoms with van der Waals surface area (Å²) < 4.78 is 5.12. The van der Waals surface area contributed by atoms with Crippen molar-refractivity contribution < 1.29 is 14.0 Å². The lowest BCUT2D eigenvalue weighted by Crippen LogP contribution is -2.51. The highest BCUT2D eigenvalue weighted by molar-refractivity contribution is 5.94. The number of nitrogens with zero attached hydrogens (tertiary/aromatic N) is 1. The molecule has 1 aromatic carbocycles. The molecule has 2 N–H and O–H groups in total. The van der Waals surface area contributed by atoms with Gasteiger partial charge in [-0.3, -0.25) is 14.5 Å². The molecule has 0 aliphatic carbocycles. The fourth-order valence-corrected chi connectivity index (χ4v) is 3.47. The number of carbonyl (C=O) groups is 2. The number of furan rings is 1. The Labute approximate surface area is 165 Å². The molecule has 1 aliphatic rings. The molecule has 2 aromatic rings. The van der Waals surface area contributed by atoms with Gasteiger partial charge in [0, 0.05) is 24.7 Å². The number of carbonyl (C=O) groups excluding carboxylic acids is 2. The van der Waals surface area contributed by atoms with E-state index >= 15 is 0 Å². The molecule has 2 amide bonds. The van der Waals surface area contributed by atoms with Crippen molar-refractivity contribution in [1.82, 2.24) is 15.5 Å². The average Bonchev–Trinajstić information content (AvgIpc) is 3.35. The first kappa shape index (κ1) is 19.9. The zero-order valence-electron chi connectivity index (χ0n) is 16.2. The second-order valence-corrected chi connectivity index (χ2v) is 7.35. The van der Waals surface area contributed by atoms with Crippen LogP contribution in [0.2, 0.25) is 0 Å². The Morgan fingerprint density at radius 3 is 2.75 bits per heavy atom. The first-order valence-corrected chi connectivity index (χ1v) is 9.60. The molecule has 2 heterocycles. The normalized spacial score (nSPS) is 19.8. The predicted octanol–water partition coefficient (Wildman–Crippen LogP) is 2.58. The molecule has 1 atom stereocenters. The molecule has 0 saturated carbocycles. The van der Waals surface area contributed by atoms with Crippen molar-refractivity contribution in [1.29, 1.82) is 0 Å². The van der Waals surface area contributed by atoms with E-state index in [0.717, 1.165) is 25.9 Å². The predicted molar refractivity (Wildman–Crippen MR) is 108 cm³/mol. The lowest BCUT2D eigenvalue weighted by Gasteiger charge is -2.35. The third-order valence-electron chi connectivity index (χ3n) is 5.15. The molecule has 0 bridgehead atoms. The Morgan fingerprint density at radius 1 is 1.18 bits per heavy atom. The number of hydrogen-bond acceptors (Lipinski definition) is 4. The molecule has 1 fully saturated rings. The number of hydrogen-bond donors (Lipinski definition) is 2. The van der Waals surface area contributed by atoms with Crippen LogP contribution in [0.3, 0.4) is 0 Å². The maximum absolute atomic E-state index is 12.2. The Hall–Kier alpha value is -2.86. The van der Waals surface area contributed by atoms with Gasteiger partial charge in [-0.05, 0) is 50.1 Å². The van der Waals surface area contributed by atoms with Gasteiger partial charge in [-0.2, -0.15) is 0 Å². The van der Waals surface area contributed by atoms with E-state index < -0.39 is 0 Å². The zero-order chi connectivity index (χ0) is 19.8. The minimum absolute atomic E-state index is 0.0455. The van der Waals surface area contributed by atoms with Crippen LogP contribution in [-0.4, -0.2) is 41.9 Å². The highest BCUT2D eigenvalue weighted by Crippen LogP contribution is 2.29. The molecule has 6 heteroatoms. The summed E-state index contributed by atoms with van der Waals surface area (Å²) in [5.41, 5.74) is 1.20. The monoisotopic (exact) mass is 381 g/mol. The first-order chi connectivity index (χ1) is 13.5. The number of likely N-dealkylation sites (tertiary alicyclic amines) is 1. The van der Waals surface area contributed by atoms with Crippen molar-refractivity contribution in [3.63, 3.8) is 0 Å². The van der Waals surface area contributed by atoms with E-state index in [1.807, 2.05) is 18.2 Å². The van der Waals surface area contributed by atoms with Gasteiger partial charge < -0.3 is 15.1 Å². The largest absolute Gasteiger partial charge is 0.465 e. The molecule has 3 rings (SSSR count). The second kappa shape index (κ2) is 9.37. The summed E-state index contributed by atoms with van der Waals surface area (Å²) in [4.78, 5) is 26.4. The molecule has 28 heavy (non-hydrogen) atoms. The van der Waals surface area contributed by atoms with Gasteiger partial charge in [0.15, 0.2) is 0 Å². The fourth-order valence-electron chi connectivity index (χ4n) is 3.47. The Balaban J connectivity index is 1.43. The summed E-state index contributed by atoms with van der Waals surface area (Å²) in [6, 6.07) is 13.9. The summed E-state index contributed by atoms with van der Waals surface area (Å²) in [7, 11) is 0. The van der Waals surface area contributed by atoms with Gasteiger partial charge in [-0.1, -0.05) is 30.3 Å². The van der Waals surface area contributed by atoms with Crippen molar-refractivity contribution in [3.05, 3.63) is 66.1 Å². The summed E-state index contributed by atoms with van der Waals surface area (Å²) in [5.74, 6) is 0.0733. The third kappa shape index (κ3) is 5.57. The Morgan fingerprint density at radius 2 is 2.00 bits per heavy atom. The van der Waals surface area contributed by atoms with E-state index in [1.165, 1.54) is 17.9 Å². The lowest BCUT2D eigenvalue weighted by molar-refractivity contribution is -0.124. The topological polar surface area (TPSA) is 74.6 Å². The highest BCUT2D eigenvalue weighted by Gasteiger charge is 2.36. The molecule has 1 unspecified atom stereocenters. The van der Waals surface area contributed by atoms with Gasteiger partial charge >= 0.3 is 0 Å². The maximum atomic E-state index is 12.2. The average molecular weight is 381 g/mol. The minimum atomic E-state index is -0.329. The van der Waals surface area contributed by atoms with Crippen LogP contribution < -0.4 is 10.6 Å². The third-order valence-corrected chi connectivity index (χ3v) is 5.15. The van der Waals surface area contributed by atoms with Crippen LogP contribution in [0.1, 0.15) is 31.1 Å². The van der Waals surface area contributed by atoms with Crippen LogP contribution in [0.15, 0.2) is 59.2 Å². The molecule has 0 radical (unpaired) electrons. The summed E-state index contributed by atoms with van der Waals surface area (Å²) >= 11 is 0. The molecule has 1 saturated heterocycles. The van der Waals surface area contributed by atoms with Crippen LogP contribution in [0.25, 0.3) is 6.08 Å². The first-order valence-electron chi connectivity index (χ1n) is 9.60. The van der Waals surface area contributed by atoms with E-state index in [-0.39, 0.29) is 23.9 Å². The van der Waals surface area contributed by atoms with Crippen LogP contribution in [0.4, 0.5) is 0 Å². The summed E-state index contributed by atoms with van der Waals surface area (Å²) in [5, 5.41) is 5.56. The molecule has 148 valence electrons. The van der Waals surface area contributed by atoms with Crippen molar-refractivity contribution in [3.8, 4) is 0 Å². The van der Waals surface area contributed by atoms with E-state index in [1.54, 1.807) is 18.2 Å². The zero-order valence-corrected chi connectivity index (χ0v) is 16.2.